The molecular weight excluding hydrogens is 271 g/mol. The third-order valence-electron chi connectivity index (χ3n) is 3.07. The summed E-state index contributed by atoms with van der Waals surface area (Å²) in [7, 11) is 0. The van der Waals surface area contributed by atoms with Crippen LogP contribution in [0.1, 0.15) is 42.6 Å². The molecule has 0 aromatic heterocycles. The third kappa shape index (κ3) is 3.88. The number of halogens is 3. The summed E-state index contributed by atoms with van der Waals surface area (Å²) in [5.74, 6) is -1.57. The zero-order valence-corrected chi connectivity index (χ0v) is 11.5. The minimum Gasteiger partial charge on any atom is -0.478 e. The Bertz CT molecular complexity index is 472. The third-order valence-corrected chi connectivity index (χ3v) is 3.07. The number of unbranched alkanes of at least 4 members (excludes halogenated alkanes) is 1. The number of rotatable bonds is 6. The average molecular weight is 289 g/mol. The first kappa shape index (κ1) is 16.3. The largest absolute Gasteiger partial charge is 0.478 e. The summed E-state index contributed by atoms with van der Waals surface area (Å²) in [6.45, 7) is 5.08. The lowest BCUT2D eigenvalue weighted by Crippen LogP contribution is -2.25. The van der Waals surface area contributed by atoms with E-state index in [0.29, 0.717) is 18.8 Å². The van der Waals surface area contributed by atoms with Crippen LogP contribution in [0.3, 0.4) is 0 Å². The van der Waals surface area contributed by atoms with Crippen LogP contribution >= 0.6 is 0 Å². The quantitative estimate of drug-likeness (QED) is 0.859. The molecule has 3 nitrogen and oxygen atoms in total. The molecule has 1 aromatic rings. The molecular formula is C14H18F3NO2. The van der Waals surface area contributed by atoms with Gasteiger partial charge in [0.05, 0.1) is 11.1 Å². The van der Waals surface area contributed by atoms with Gasteiger partial charge in [0.15, 0.2) is 0 Å². The lowest BCUT2D eigenvalue weighted by atomic mass is 10.1. The van der Waals surface area contributed by atoms with Crippen molar-refractivity contribution in [3.05, 3.63) is 29.3 Å². The fourth-order valence-corrected chi connectivity index (χ4v) is 1.97. The first-order valence-electron chi connectivity index (χ1n) is 6.50. The maximum atomic E-state index is 12.9. The van der Waals surface area contributed by atoms with Gasteiger partial charge in [0.25, 0.3) is 0 Å². The second kappa shape index (κ2) is 6.63. The van der Waals surface area contributed by atoms with E-state index in [0.717, 1.165) is 25.0 Å². The molecule has 0 spiro atoms. The number of nitrogens with zero attached hydrogens (tertiary/aromatic N) is 1. The first-order valence-corrected chi connectivity index (χ1v) is 6.50. The fourth-order valence-electron chi connectivity index (χ4n) is 1.97. The van der Waals surface area contributed by atoms with Crippen molar-refractivity contribution in [3.63, 3.8) is 0 Å². The highest BCUT2D eigenvalue weighted by molar-refractivity contribution is 5.90. The van der Waals surface area contributed by atoms with Gasteiger partial charge in [0.1, 0.15) is 0 Å². The number of carboxylic acids is 1. The number of anilines is 1. The zero-order valence-electron chi connectivity index (χ0n) is 11.5. The molecule has 20 heavy (non-hydrogen) atoms. The lowest BCUT2D eigenvalue weighted by Gasteiger charge is -2.24. The monoisotopic (exact) mass is 289 g/mol. The molecule has 0 atom stereocenters. The van der Waals surface area contributed by atoms with E-state index in [-0.39, 0.29) is 0 Å². The molecule has 1 N–H and O–H groups in total. The van der Waals surface area contributed by atoms with Crippen molar-refractivity contribution in [2.45, 2.75) is 32.9 Å². The van der Waals surface area contributed by atoms with Crippen LogP contribution in [0, 0.1) is 0 Å². The molecule has 0 amide bonds. The Morgan fingerprint density at radius 1 is 1.30 bits per heavy atom. The highest BCUT2D eigenvalue weighted by atomic mass is 19.4. The van der Waals surface area contributed by atoms with Gasteiger partial charge >= 0.3 is 12.1 Å². The van der Waals surface area contributed by atoms with E-state index in [4.69, 9.17) is 5.11 Å². The van der Waals surface area contributed by atoms with Gasteiger partial charge in [-0.2, -0.15) is 13.2 Å². The summed E-state index contributed by atoms with van der Waals surface area (Å²) >= 11 is 0. The summed E-state index contributed by atoms with van der Waals surface area (Å²) in [5.41, 5.74) is -1.41. The first-order chi connectivity index (χ1) is 9.31. The molecule has 1 rings (SSSR count). The van der Waals surface area contributed by atoms with Crippen LogP contribution in [0.2, 0.25) is 0 Å². The molecule has 112 valence electrons. The van der Waals surface area contributed by atoms with E-state index in [9.17, 15) is 18.0 Å². The molecule has 0 radical (unpaired) electrons. The molecule has 0 unspecified atom stereocenters. The maximum Gasteiger partial charge on any atom is 0.417 e. The van der Waals surface area contributed by atoms with Gasteiger partial charge in [0, 0.05) is 18.8 Å². The number of alkyl halides is 3. The predicted octanol–water partition coefficient (Wildman–Crippen LogP) is 4.03. The van der Waals surface area contributed by atoms with Crippen molar-refractivity contribution >= 4 is 11.7 Å². The van der Waals surface area contributed by atoms with Gasteiger partial charge in [-0.15, -0.1) is 0 Å². The highest BCUT2D eigenvalue weighted by Gasteiger charge is 2.35. The Morgan fingerprint density at radius 3 is 2.40 bits per heavy atom. The van der Waals surface area contributed by atoms with Gasteiger partial charge in [0.2, 0.25) is 0 Å². The molecule has 0 bridgehead atoms. The van der Waals surface area contributed by atoms with Gasteiger partial charge in [-0.25, -0.2) is 4.79 Å². The molecule has 6 heteroatoms. The van der Waals surface area contributed by atoms with Gasteiger partial charge < -0.3 is 10.0 Å². The molecule has 0 saturated carbocycles. The predicted molar refractivity (Wildman–Crippen MR) is 71.2 cm³/mol. The van der Waals surface area contributed by atoms with Crippen molar-refractivity contribution in [2.24, 2.45) is 0 Å². The van der Waals surface area contributed by atoms with E-state index in [2.05, 4.69) is 0 Å². The Hall–Kier alpha value is -1.72. The van der Waals surface area contributed by atoms with Crippen molar-refractivity contribution in [3.8, 4) is 0 Å². The van der Waals surface area contributed by atoms with Crippen LogP contribution in [0.4, 0.5) is 18.9 Å². The second-order valence-corrected chi connectivity index (χ2v) is 4.47. The molecule has 0 aliphatic carbocycles. The van der Waals surface area contributed by atoms with Crippen LogP contribution in [-0.4, -0.2) is 24.2 Å². The number of hydrogen-bond donors (Lipinski definition) is 1. The zero-order chi connectivity index (χ0) is 15.3. The van der Waals surface area contributed by atoms with Crippen molar-refractivity contribution in [1.29, 1.82) is 0 Å². The minimum absolute atomic E-state index is 0.401. The topological polar surface area (TPSA) is 40.5 Å². The van der Waals surface area contributed by atoms with Crippen molar-refractivity contribution < 1.29 is 23.1 Å². The molecule has 0 aliphatic heterocycles. The summed E-state index contributed by atoms with van der Waals surface area (Å²) < 4.78 is 38.8. The van der Waals surface area contributed by atoms with E-state index >= 15 is 0 Å². The van der Waals surface area contributed by atoms with Crippen LogP contribution < -0.4 is 4.90 Å². The van der Waals surface area contributed by atoms with Gasteiger partial charge in [-0.1, -0.05) is 13.3 Å². The number of benzene rings is 1. The summed E-state index contributed by atoms with van der Waals surface area (Å²) in [4.78, 5) is 12.7. The van der Waals surface area contributed by atoms with E-state index < -0.39 is 23.3 Å². The Labute approximate surface area is 116 Å². The smallest absolute Gasteiger partial charge is 0.417 e. The van der Waals surface area contributed by atoms with Crippen LogP contribution in [-0.2, 0) is 6.18 Å². The number of aromatic carboxylic acids is 1. The Balaban J connectivity index is 3.21. The van der Waals surface area contributed by atoms with Crippen LogP contribution in [0.5, 0.6) is 0 Å². The molecule has 0 saturated heterocycles. The normalized spacial score (nSPS) is 11.4. The fraction of sp³-hybridized carbons (Fsp3) is 0.500. The van der Waals surface area contributed by atoms with Crippen LogP contribution in [0.25, 0.3) is 0 Å². The van der Waals surface area contributed by atoms with Crippen LogP contribution in [0.15, 0.2) is 18.2 Å². The molecule has 0 heterocycles. The molecule has 1 aromatic carbocycles. The number of carboxylic acid groups (broad SMARTS) is 1. The second-order valence-electron chi connectivity index (χ2n) is 4.47. The standard InChI is InChI=1S/C14H18F3NO2/c1-3-5-8-18(4-2)10-6-7-11(13(19)20)12(9-10)14(15,16)17/h6-7,9H,3-5,8H2,1-2H3,(H,19,20). The number of carbonyl (C=O) groups is 1. The van der Waals surface area contributed by atoms with Gasteiger partial charge in [-0.05, 0) is 31.5 Å². The molecule has 0 fully saturated rings. The Kier molecular flexibility index (Phi) is 5.42. The minimum atomic E-state index is -4.67. The lowest BCUT2D eigenvalue weighted by molar-refractivity contribution is -0.138. The summed E-state index contributed by atoms with van der Waals surface area (Å²) in [6.07, 6.45) is -2.86. The average Bonchev–Trinajstić information content (AvgIpc) is 2.38. The highest BCUT2D eigenvalue weighted by Crippen LogP contribution is 2.34. The van der Waals surface area contributed by atoms with Crippen molar-refractivity contribution in [2.75, 3.05) is 18.0 Å². The van der Waals surface area contributed by atoms with Gasteiger partial charge in [-0.3, -0.25) is 0 Å². The van der Waals surface area contributed by atoms with Crippen molar-refractivity contribution in [1.82, 2.24) is 0 Å². The Morgan fingerprint density at radius 2 is 1.95 bits per heavy atom. The summed E-state index contributed by atoms with van der Waals surface area (Å²) in [6, 6.07) is 3.37. The van der Waals surface area contributed by atoms with E-state index in [1.807, 2.05) is 18.7 Å². The molecule has 0 aliphatic rings. The van der Waals surface area contributed by atoms with E-state index in [1.54, 1.807) is 0 Å². The SMILES string of the molecule is CCCCN(CC)c1ccc(C(=O)O)c(C(F)(F)F)c1. The van der Waals surface area contributed by atoms with E-state index in [1.165, 1.54) is 6.07 Å². The number of hydrogen-bond acceptors (Lipinski definition) is 2. The maximum absolute atomic E-state index is 12.9. The summed E-state index contributed by atoms with van der Waals surface area (Å²) in [5, 5.41) is 8.84.